The number of alkyl halides is 7. The standard InChI is InChI=1S/C26H28F7N7O3/c1-12-20(39-43-38-12)24(42)36-21(13-4-6-25(29,30)7-5-13)17-11-40-19(35-17)8-15(10-34-40)16(9-18(27)28)23(41)37-22(14-2-3-14)26(31,32)33/h8,10-11,13-14,16,18,21-22H,2-7,9H2,1H3,(H,36,42)(H,37,41). The highest BCUT2D eigenvalue weighted by Crippen LogP contribution is 2.42. The highest BCUT2D eigenvalue weighted by Gasteiger charge is 2.50. The summed E-state index contributed by atoms with van der Waals surface area (Å²) in [6, 6.07) is -1.79. The number of imidazole rings is 1. The van der Waals surface area contributed by atoms with Crippen LogP contribution in [0, 0.1) is 18.8 Å². The van der Waals surface area contributed by atoms with Crippen LogP contribution in [0.3, 0.4) is 0 Å². The summed E-state index contributed by atoms with van der Waals surface area (Å²) in [6.07, 6.45) is -6.48. The average molecular weight is 620 g/mol. The molecular weight excluding hydrogens is 591 g/mol. The van der Waals surface area contributed by atoms with E-state index in [0.29, 0.717) is 0 Å². The number of hydrogen-bond acceptors (Lipinski definition) is 7. The third-order valence-electron chi connectivity index (χ3n) is 7.94. The molecule has 10 nitrogen and oxygen atoms in total. The van der Waals surface area contributed by atoms with Crippen molar-refractivity contribution in [1.82, 2.24) is 35.5 Å². The lowest BCUT2D eigenvalue weighted by atomic mass is 9.81. The third kappa shape index (κ3) is 7.06. The monoisotopic (exact) mass is 619 g/mol. The number of carbonyl (C=O) groups is 2. The van der Waals surface area contributed by atoms with E-state index < -0.39 is 79.4 Å². The lowest BCUT2D eigenvalue weighted by molar-refractivity contribution is -0.166. The number of amides is 2. The van der Waals surface area contributed by atoms with Crippen LogP contribution in [0.2, 0.25) is 0 Å². The zero-order valence-electron chi connectivity index (χ0n) is 22.8. The van der Waals surface area contributed by atoms with Gasteiger partial charge in [0.15, 0.2) is 11.3 Å². The van der Waals surface area contributed by atoms with Gasteiger partial charge in [-0.05, 0) is 61.2 Å². The molecule has 43 heavy (non-hydrogen) atoms. The summed E-state index contributed by atoms with van der Waals surface area (Å²) >= 11 is 0. The molecule has 3 aromatic rings. The van der Waals surface area contributed by atoms with E-state index >= 15 is 0 Å². The zero-order valence-corrected chi connectivity index (χ0v) is 22.8. The molecule has 3 unspecified atom stereocenters. The van der Waals surface area contributed by atoms with Crippen molar-refractivity contribution >= 4 is 17.5 Å². The molecule has 2 aliphatic rings. The molecule has 5 rings (SSSR count). The Morgan fingerprint density at radius 3 is 2.37 bits per heavy atom. The number of rotatable bonds is 10. The second-order valence-electron chi connectivity index (χ2n) is 11.1. The van der Waals surface area contributed by atoms with Crippen molar-refractivity contribution in [2.45, 2.75) is 88.4 Å². The Kier molecular flexibility index (Phi) is 8.35. The second-order valence-corrected chi connectivity index (χ2v) is 11.1. The van der Waals surface area contributed by atoms with Gasteiger partial charge in [0.2, 0.25) is 18.3 Å². The maximum absolute atomic E-state index is 13.9. The van der Waals surface area contributed by atoms with Crippen molar-refractivity contribution in [1.29, 1.82) is 0 Å². The minimum absolute atomic E-state index is 0.0498. The maximum atomic E-state index is 13.9. The fraction of sp³-hybridized carbons (Fsp3) is 0.615. The maximum Gasteiger partial charge on any atom is 0.408 e. The third-order valence-corrected chi connectivity index (χ3v) is 7.94. The number of carbonyl (C=O) groups excluding carboxylic acids is 2. The zero-order chi connectivity index (χ0) is 31.1. The largest absolute Gasteiger partial charge is 0.408 e. The van der Waals surface area contributed by atoms with Crippen LogP contribution in [0.5, 0.6) is 0 Å². The molecular formula is C26H28F7N7O3. The Labute approximate surface area is 239 Å². The van der Waals surface area contributed by atoms with E-state index in [1.807, 2.05) is 5.32 Å². The molecule has 2 fully saturated rings. The van der Waals surface area contributed by atoms with Gasteiger partial charge >= 0.3 is 6.18 Å². The lowest BCUT2D eigenvalue weighted by Gasteiger charge is -2.33. The average Bonchev–Trinajstić information content (AvgIpc) is 3.52. The molecule has 17 heteroatoms. The molecule has 0 aliphatic heterocycles. The number of aromatic nitrogens is 5. The highest BCUT2D eigenvalue weighted by molar-refractivity contribution is 5.93. The van der Waals surface area contributed by atoms with Crippen molar-refractivity contribution in [3.05, 3.63) is 41.1 Å². The van der Waals surface area contributed by atoms with Crippen LogP contribution in [0.25, 0.3) is 5.65 Å². The van der Waals surface area contributed by atoms with Crippen molar-refractivity contribution in [2.75, 3.05) is 0 Å². The van der Waals surface area contributed by atoms with Crippen molar-refractivity contribution in [3.8, 4) is 0 Å². The van der Waals surface area contributed by atoms with Gasteiger partial charge in [-0.3, -0.25) is 9.59 Å². The molecule has 0 radical (unpaired) electrons. The van der Waals surface area contributed by atoms with Gasteiger partial charge in [0.1, 0.15) is 11.7 Å². The Hall–Kier alpha value is -3.79. The van der Waals surface area contributed by atoms with Crippen molar-refractivity contribution in [3.63, 3.8) is 0 Å². The number of halogens is 7. The minimum Gasteiger partial charge on any atom is -0.344 e. The van der Waals surface area contributed by atoms with Gasteiger partial charge in [0.25, 0.3) is 5.91 Å². The molecule has 0 bridgehead atoms. The first-order valence-corrected chi connectivity index (χ1v) is 13.7. The summed E-state index contributed by atoms with van der Waals surface area (Å²) in [5.41, 5.74) is 0.267. The summed E-state index contributed by atoms with van der Waals surface area (Å²) in [6.45, 7) is 1.49. The summed E-state index contributed by atoms with van der Waals surface area (Å²) in [4.78, 5) is 30.3. The van der Waals surface area contributed by atoms with E-state index in [1.54, 1.807) is 0 Å². The molecule has 2 aliphatic carbocycles. The quantitative estimate of drug-likeness (QED) is 0.309. The van der Waals surface area contributed by atoms with Gasteiger partial charge in [-0.2, -0.15) is 18.3 Å². The molecule has 234 valence electrons. The number of aryl methyl sites for hydroxylation is 1. The summed E-state index contributed by atoms with van der Waals surface area (Å²) in [5, 5.41) is 15.9. The first-order valence-electron chi connectivity index (χ1n) is 13.7. The first kappa shape index (κ1) is 30.7. The molecule has 0 saturated heterocycles. The first-order chi connectivity index (χ1) is 20.2. The van der Waals surface area contributed by atoms with Crippen LogP contribution in [0.4, 0.5) is 30.7 Å². The number of fused-ring (bicyclic) bond motifs is 1. The summed E-state index contributed by atoms with van der Waals surface area (Å²) in [7, 11) is 0. The molecule has 3 heterocycles. The van der Waals surface area contributed by atoms with Gasteiger partial charge in [-0.1, -0.05) is 5.16 Å². The Morgan fingerprint density at radius 2 is 1.79 bits per heavy atom. The van der Waals surface area contributed by atoms with Crippen molar-refractivity contribution < 1.29 is 45.0 Å². The molecule has 3 atom stereocenters. The molecule has 0 spiro atoms. The van der Waals surface area contributed by atoms with E-state index in [-0.39, 0.29) is 54.0 Å². The van der Waals surface area contributed by atoms with E-state index in [1.165, 1.54) is 23.7 Å². The molecule has 0 aromatic carbocycles. The van der Waals surface area contributed by atoms with Crippen LogP contribution in [0.1, 0.15) is 84.3 Å². The van der Waals surface area contributed by atoms with Crippen molar-refractivity contribution in [2.24, 2.45) is 11.8 Å². The Morgan fingerprint density at radius 1 is 1.09 bits per heavy atom. The molecule has 2 N–H and O–H groups in total. The smallest absolute Gasteiger partial charge is 0.344 e. The van der Waals surface area contributed by atoms with Gasteiger partial charge in [0.05, 0.1) is 30.0 Å². The van der Waals surface area contributed by atoms with E-state index in [9.17, 15) is 40.3 Å². The number of nitrogens with zero attached hydrogens (tertiary/aromatic N) is 5. The van der Waals surface area contributed by atoms with Gasteiger partial charge in [0, 0.05) is 19.3 Å². The predicted octanol–water partition coefficient (Wildman–Crippen LogP) is 4.91. The predicted molar refractivity (Wildman–Crippen MR) is 133 cm³/mol. The van der Waals surface area contributed by atoms with Crippen LogP contribution < -0.4 is 10.6 Å². The Balaban J connectivity index is 1.44. The van der Waals surface area contributed by atoms with Crippen LogP contribution in [-0.2, 0) is 4.79 Å². The Bertz CT molecular complexity index is 1460. The van der Waals surface area contributed by atoms with Crippen LogP contribution in [-0.4, -0.2) is 61.3 Å². The fourth-order valence-electron chi connectivity index (χ4n) is 5.45. The molecule has 2 saturated carbocycles. The summed E-state index contributed by atoms with van der Waals surface area (Å²) < 4.78 is 101. The normalized spacial score (nSPS) is 19.7. The topological polar surface area (TPSA) is 127 Å². The number of hydrogen-bond donors (Lipinski definition) is 2. The van der Waals surface area contributed by atoms with Crippen LogP contribution >= 0.6 is 0 Å². The second kappa shape index (κ2) is 11.7. The van der Waals surface area contributed by atoms with E-state index in [4.69, 9.17) is 0 Å². The minimum atomic E-state index is -4.74. The van der Waals surface area contributed by atoms with E-state index in [0.717, 1.165) is 6.20 Å². The van der Waals surface area contributed by atoms with Gasteiger partial charge in [-0.15, -0.1) is 0 Å². The molecule has 3 aromatic heterocycles. The fourth-order valence-corrected chi connectivity index (χ4v) is 5.45. The van der Waals surface area contributed by atoms with Gasteiger partial charge in [-0.25, -0.2) is 31.7 Å². The lowest BCUT2D eigenvalue weighted by Crippen LogP contribution is -2.48. The molecule has 2 amide bonds. The summed E-state index contributed by atoms with van der Waals surface area (Å²) in [5.74, 6) is -7.67. The van der Waals surface area contributed by atoms with Gasteiger partial charge < -0.3 is 10.6 Å². The number of nitrogens with one attached hydrogen (secondary N) is 2. The SMILES string of the molecule is Cc1nonc1C(=O)NC(c1cn2ncc(C(CC(F)F)C(=O)NC(C3CC3)C(F)(F)F)cc2n1)C1CCC(F)(F)CC1. The van der Waals surface area contributed by atoms with E-state index in [2.05, 4.69) is 30.3 Å². The van der Waals surface area contributed by atoms with Crippen LogP contribution in [0.15, 0.2) is 23.1 Å². The highest BCUT2D eigenvalue weighted by atomic mass is 19.4.